The molecule has 1 aliphatic rings. The molecule has 1 aliphatic carbocycles. The van der Waals surface area contributed by atoms with E-state index in [1.165, 1.54) is 35.2 Å². The highest BCUT2D eigenvalue weighted by Gasteiger charge is 2.30. The smallest absolute Gasteiger partial charge is 0.0713 e. The van der Waals surface area contributed by atoms with Crippen LogP contribution >= 0.6 is 0 Å². The van der Waals surface area contributed by atoms with Gasteiger partial charge in [0.1, 0.15) is 0 Å². The van der Waals surface area contributed by atoms with Crippen LogP contribution in [0.25, 0.3) is 0 Å². The van der Waals surface area contributed by atoms with Crippen molar-refractivity contribution in [2.75, 3.05) is 12.4 Å². The monoisotopic (exact) mass is 281 g/mol. The highest BCUT2D eigenvalue weighted by atomic mass is 16.5. The van der Waals surface area contributed by atoms with Gasteiger partial charge in [-0.3, -0.25) is 0 Å². The standard InChI is InChI=1S/C19H23NO/c1-14-6-3-4-9-19(14)16-11-18(12-16)20-17-8-5-7-15(10-17)13-21-2/h3-10,16,18,20H,11-13H2,1-2H3. The quantitative estimate of drug-likeness (QED) is 0.871. The number of anilines is 1. The van der Waals surface area contributed by atoms with Crippen LogP contribution in [0.2, 0.25) is 0 Å². The molecule has 0 aliphatic heterocycles. The van der Waals surface area contributed by atoms with E-state index in [0.29, 0.717) is 18.6 Å². The number of hydrogen-bond donors (Lipinski definition) is 1. The third-order valence-corrected chi connectivity index (χ3v) is 4.38. The molecule has 1 saturated carbocycles. The lowest BCUT2D eigenvalue weighted by atomic mass is 9.74. The molecule has 0 saturated heterocycles. The summed E-state index contributed by atoms with van der Waals surface area (Å²) in [4.78, 5) is 0. The highest BCUT2D eigenvalue weighted by molar-refractivity contribution is 5.47. The molecule has 1 fully saturated rings. The van der Waals surface area contributed by atoms with Crippen LogP contribution in [0.15, 0.2) is 48.5 Å². The lowest BCUT2D eigenvalue weighted by Gasteiger charge is -2.37. The molecule has 0 bridgehead atoms. The average molecular weight is 281 g/mol. The summed E-state index contributed by atoms with van der Waals surface area (Å²) in [7, 11) is 1.73. The van der Waals surface area contributed by atoms with E-state index in [4.69, 9.17) is 4.74 Å². The Morgan fingerprint density at radius 2 is 1.90 bits per heavy atom. The molecule has 1 N–H and O–H groups in total. The van der Waals surface area contributed by atoms with Gasteiger partial charge in [-0.15, -0.1) is 0 Å². The first-order valence-corrected chi connectivity index (χ1v) is 7.66. The zero-order chi connectivity index (χ0) is 14.7. The minimum absolute atomic E-state index is 0.590. The Labute approximate surface area is 127 Å². The van der Waals surface area contributed by atoms with Crippen molar-refractivity contribution in [2.45, 2.75) is 38.3 Å². The van der Waals surface area contributed by atoms with Gasteiger partial charge >= 0.3 is 0 Å². The topological polar surface area (TPSA) is 21.3 Å². The number of benzene rings is 2. The van der Waals surface area contributed by atoms with Crippen molar-refractivity contribution in [1.29, 1.82) is 0 Å². The molecule has 0 atom stereocenters. The number of methoxy groups -OCH3 is 1. The Bertz CT molecular complexity index is 602. The van der Waals surface area contributed by atoms with Crippen LogP contribution < -0.4 is 5.32 Å². The van der Waals surface area contributed by atoms with Crippen LogP contribution in [0.1, 0.15) is 35.4 Å². The largest absolute Gasteiger partial charge is 0.382 e. The van der Waals surface area contributed by atoms with Gasteiger partial charge in [0.15, 0.2) is 0 Å². The Balaban J connectivity index is 1.57. The predicted molar refractivity (Wildman–Crippen MR) is 87.7 cm³/mol. The van der Waals surface area contributed by atoms with Crippen molar-refractivity contribution in [3.8, 4) is 0 Å². The maximum absolute atomic E-state index is 5.19. The van der Waals surface area contributed by atoms with Gasteiger partial charge in [-0.05, 0) is 54.5 Å². The first-order chi connectivity index (χ1) is 10.3. The lowest BCUT2D eigenvalue weighted by molar-refractivity contribution is 0.185. The Morgan fingerprint density at radius 1 is 1.10 bits per heavy atom. The molecule has 0 radical (unpaired) electrons. The van der Waals surface area contributed by atoms with Crippen molar-refractivity contribution in [3.05, 3.63) is 65.2 Å². The van der Waals surface area contributed by atoms with Crippen LogP contribution in [-0.4, -0.2) is 13.2 Å². The van der Waals surface area contributed by atoms with Crippen molar-refractivity contribution in [2.24, 2.45) is 0 Å². The van der Waals surface area contributed by atoms with E-state index in [1.54, 1.807) is 7.11 Å². The molecule has 2 aromatic rings. The second-order valence-electron chi connectivity index (χ2n) is 6.00. The lowest BCUT2D eigenvalue weighted by Crippen LogP contribution is -2.34. The summed E-state index contributed by atoms with van der Waals surface area (Å²) in [5.41, 5.74) is 5.36. The summed E-state index contributed by atoms with van der Waals surface area (Å²) >= 11 is 0. The van der Waals surface area contributed by atoms with Crippen molar-refractivity contribution < 1.29 is 4.74 Å². The van der Waals surface area contributed by atoms with Crippen molar-refractivity contribution in [1.82, 2.24) is 0 Å². The summed E-state index contributed by atoms with van der Waals surface area (Å²) < 4.78 is 5.19. The summed E-state index contributed by atoms with van der Waals surface area (Å²) in [6.45, 7) is 2.89. The molecule has 0 heterocycles. The van der Waals surface area contributed by atoms with Crippen LogP contribution in [0.5, 0.6) is 0 Å². The Kier molecular flexibility index (Phi) is 4.26. The Hall–Kier alpha value is -1.80. The first-order valence-electron chi connectivity index (χ1n) is 7.66. The van der Waals surface area contributed by atoms with E-state index in [9.17, 15) is 0 Å². The zero-order valence-electron chi connectivity index (χ0n) is 12.8. The fourth-order valence-electron chi connectivity index (χ4n) is 3.19. The molecule has 0 spiro atoms. The van der Waals surface area contributed by atoms with Gasteiger partial charge in [-0.1, -0.05) is 36.4 Å². The minimum Gasteiger partial charge on any atom is -0.382 e. The third-order valence-electron chi connectivity index (χ3n) is 4.38. The number of ether oxygens (including phenoxy) is 1. The summed E-state index contributed by atoms with van der Waals surface area (Å²) in [6, 6.07) is 17.9. The maximum Gasteiger partial charge on any atom is 0.0713 e. The van der Waals surface area contributed by atoms with Crippen LogP contribution in [0.3, 0.4) is 0 Å². The summed E-state index contributed by atoms with van der Waals surface area (Å²) in [6.07, 6.45) is 2.44. The average Bonchev–Trinajstić information content (AvgIpc) is 2.44. The van der Waals surface area contributed by atoms with Gasteiger partial charge in [0, 0.05) is 18.8 Å². The van der Waals surface area contributed by atoms with E-state index in [0.717, 1.165) is 0 Å². The van der Waals surface area contributed by atoms with Crippen molar-refractivity contribution >= 4 is 5.69 Å². The highest BCUT2D eigenvalue weighted by Crippen LogP contribution is 2.39. The van der Waals surface area contributed by atoms with E-state index in [-0.39, 0.29) is 0 Å². The summed E-state index contributed by atoms with van der Waals surface area (Å²) in [5.74, 6) is 0.714. The number of rotatable bonds is 5. The second kappa shape index (κ2) is 6.31. The molecule has 0 aromatic heterocycles. The van der Waals surface area contributed by atoms with Gasteiger partial charge < -0.3 is 10.1 Å². The van der Waals surface area contributed by atoms with E-state index in [1.807, 2.05) is 0 Å². The molecule has 3 rings (SSSR count). The van der Waals surface area contributed by atoms with Gasteiger partial charge in [0.2, 0.25) is 0 Å². The zero-order valence-corrected chi connectivity index (χ0v) is 12.8. The molecule has 2 aromatic carbocycles. The summed E-state index contributed by atoms with van der Waals surface area (Å²) in [5, 5.41) is 3.64. The van der Waals surface area contributed by atoms with Crippen LogP contribution in [0.4, 0.5) is 5.69 Å². The van der Waals surface area contributed by atoms with E-state index < -0.39 is 0 Å². The molecule has 0 amide bonds. The first kappa shape index (κ1) is 14.2. The normalized spacial score (nSPS) is 20.9. The molecular formula is C19H23NO. The fourth-order valence-corrected chi connectivity index (χ4v) is 3.19. The van der Waals surface area contributed by atoms with Crippen LogP contribution in [-0.2, 0) is 11.3 Å². The van der Waals surface area contributed by atoms with E-state index >= 15 is 0 Å². The number of hydrogen-bond acceptors (Lipinski definition) is 2. The molecule has 21 heavy (non-hydrogen) atoms. The molecule has 110 valence electrons. The molecule has 2 nitrogen and oxygen atoms in total. The van der Waals surface area contributed by atoms with Crippen molar-refractivity contribution in [3.63, 3.8) is 0 Å². The van der Waals surface area contributed by atoms with E-state index in [2.05, 4.69) is 60.8 Å². The van der Waals surface area contributed by atoms with Gasteiger partial charge in [0.25, 0.3) is 0 Å². The van der Waals surface area contributed by atoms with Gasteiger partial charge in [0.05, 0.1) is 6.61 Å². The number of aryl methyl sites for hydroxylation is 1. The molecule has 0 unspecified atom stereocenters. The fraction of sp³-hybridized carbons (Fsp3) is 0.368. The van der Waals surface area contributed by atoms with Gasteiger partial charge in [-0.2, -0.15) is 0 Å². The predicted octanol–water partition coefficient (Wildman–Crippen LogP) is 4.50. The maximum atomic E-state index is 5.19. The Morgan fingerprint density at radius 3 is 2.67 bits per heavy atom. The second-order valence-corrected chi connectivity index (χ2v) is 6.00. The SMILES string of the molecule is COCc1cccc(NC2CC(c3ccccc3C)C2)c1. The van der Waals surface area contributed by atoms with Gasteiger partial charge in [-0.25, -0.2) is 0 Å². The minimum atomic E-state index is 0.590. The van der Waals surface area contributed by atoms with Crippen LogP contribution in [0, 0.1) is 6.92 Å². The molecule has 2 heteroatoms. The number of nitrogens with one attached hydrogen (secondary N) is 1. The molecular weight excluding hydrogens is 258 g/mol. The third kappa shape index (κ3) is 3.27.